The van der Waals surface area contributed by atoms with Gasteiger partial charge >= 0.3 is 30.5 Å². The van der Waals surface area contributed by atoms with Crippen LogP contribution in [0.3, 0.4) is 0 Å². The summed E-state index contributed by atoms with van der Waals surface area (Å²) in [5.74, 6) is -0.622. The molecule has 0 aliphatic carbocycles. The van der Waals surface area contributed by atoms with Gasteiger partial charge in [0, 0.05) is 94.5 Å². The Kier molecular flexibility index (Phi) is 29.6. The number of carbonyl (C=O) groups is 8. The second-order valence-corrected chi connectivity index (χ2v) is 43.0. The Morgan fingerprint density at radius 3 is 1.30 bits per heavy atom. The van der Waals surface area contributed by atoms with Gasteiger partial charge in [-0.2, -0.15) is 13.2 Å². The van der Waals surface area contributed by atoms with Gasteiger partial charge in [0.25, 0.3) is 0 Å². The third-order valence-corrected chi connectivity index (χ3v) is 32.5. The number of nitrogens with zero attached hydrogens (tertiary/aromatic N) is 10. The van der Waals surface area contributed by atoms with E-state index in [1.807, 2.05) is 124 Å². The van der Waals surface area contributed by atoms with Crippen molar-refractivity contribution in [2.45, 2.75) is 256 Å². The third kappa shape index (κ3) is 20.9. The molecule has 6 saturated heterocycles. The zero-order valence-electron chi connectivity index (χ0n) is 84.3. The molecule has 16 heterocycles. The summed E-state index contributed by atoms with van der Waals surface area (Å²) in [6, 6.07) is 25.2. The highest BCUT2D eigenvalue weighted by molar-refractivity contribution is 7.12. The molecule has 6 fully saturated rings. The van der Waals surface area contributed by atoms with Gasteiger partial charge in [-0.1, -0.05) is 46.8 Å². The number of fused-ring (bicyclic) bond motifs is 10. The van der Waals surface area contributed by atoms with Crippen LogP contribution in [-0.2, 0) is 60.4 Å². The van der Waals surface area contributed by atoms with E-state index >= 15 is 8.78 Å². The average Bonchev–Trinajstić information content (AvgIpc) is 1.58. The van der Waals surface area contributed by atoms with E-state index in [9.17, 15) is 51.5 Å². The molecule has 6 unspecified atom stereocenters. The normalized spacial score (nSPS) is 23.4. The number of carbonyl (C=O) groups excluding carboxylic acids is 8. The van der Waals surface area contributed by atoms with Crippen molar-refractivity contribution in [3.63, 3.8) is 0 Å². The number of alkyl halides is 3. The second-order valence-electron chi connectivity index (χ2n) is 40.6. The number of aromatic amines is 2. The number of hydrogen-bond donors (Lipinski definition) is 6. The number of methoxy groups -OCH3 is 4. The number of benzene rings is 4. The number of allylic oxidation sites excluding steroid dienone is 2. The summed E-state index contributed by atoms with van der Waals surface area (Å²) in [5, 5.41) is 12.7. The fraction of sp³-hybridized carbons (Fsp3) is 0.481. The van der Waals surface area contributed by atoms with Crippen molar-refractivity contribution in [1.82, 2.24) is 69.9 Å². The van der Waals surface area contributed by atoms with E-state index in [2.05, 4.69) is 60.9 Å². The lowest BCUT2D eigenvalue weighted by Crippen LogP contribution is -2.56. The number of aliphatic imine (C=N–C) groups is 2. The summed E-state index contributed by atoms with van der Waals surface area (Å²) >= 11 is 2.65. The molecule has 10 aliphatic rings. The molecule has 778 valence electrons. The largest absolute Gasteiger partial charge is 0.464 e. The molecule has 39 heteroatoms. The number of likely N-dealkylation sites (tertiary alicyclic amines) is 4. The van der Waals surface area contributed by atoms with Gasteiger partial charge < -0.3 is 88.7 Å². The van der Waals surface area contributed by atoms with Gasteiger partial charge in [0.05, 0.1) is 151 Å². The van der Waals surface area contributed by atoms with Gasteiger partial charge in [-0.05, 0) is 242 Å². The lowest BCUT2D eigenvalue weighted by atomic mass is 9.85. The summed E-state index contributed by atoms with van der Waals surface area (Å²) in [6.45, 7) is 19.5. The monoisotopic (exact) mass is 2060 g/mol. The zero-order chi connectivity index (χ0) is 104. The first-order valence-electron chi connectivity index (χ1n) is 50.7. The van der Waals surface area contributed by atoms with Crippen molar-refractivity contribution in [1.29, 1.82) is 0 Å². The first kappa shape index (κ1) is 102. The number of rotatable bonds is 24. The molecule has 6 aromatic heterocycles. The maximum absolute atomic E-state index is 17.0. The lowest BCUT2D eigenvalue weighted by Gasteiger charge is -2.38. The van der Waals surface area contributed by atoms with Crippen LogP contribution in [0.1, 0.15) is 219 Å². The molecular formula is C108H123F5N16O16S2. The van der Waals surface area contributed by atoms with Gasteiger partial charge in [0.1, 0.15) is 58.9 Å². The number of aromatic nitrogens is 6. The standard InChI is InChI=1S/C55H61F4N7O8S.C53H62FN9O8S/c1-28(2)48(62-53(69)71-5)50(67)64-15-7-9-42(64)40-22-36(27-61-40)32-20-38(56)47-44-23-33-19-31(11-13-41(33)66(44)52(74-45(47)24-32)46-14-12-37(75-46)25-55(57,58)59)35-21-39(60-26-35)43-10-8-16-65(43)51(68)49(63-54(70)72-6)34-17-29(3)73-30(4)18-34;1-8-34-14-16-43(72-34)51-63-38-15-13-30(36-25-55-47(57-36)40-12-10-18-62(40)50(65)46(60-53(67)69-7)33-19-28(4)70-29(5)20-33)21-32(38)23-41(63)44-35(54)22-31(24-42(44)71-51)37-26-56-48(58-37)39-11-9-17-61(39)49(64)45(27(2)3)59-52(66)68-6/h11-14,19-20,23-24,26-30,34,42-43,48-49,52H,7-10,15-18,21-22,25H2,1-6H3,(H,62,69)(H,63,70);13-16,21-29,33,39-40,45-46,51H,8-12,17-20H2,1-7H3,(H,55,57)(H,56,58)(H,59,66)(H,60,67)/t29-,30+,34?,42-,43-,48?,49?,52?;28-,29+,33?,39-,40-,45-,46-,51?/m00/s1. The second kappa shape index (κ2) is 42.5. The van der Waals surface area contributed by atoms with Crippen LogP contribution in [0.25, 0.3) is 78.0 Å². The van der Waals surface area contributed by atoms with Crippen LogP contribution in [0.4, 0.5) is 41.1 Å². The topological polar surface area (TPSA) is 363 Å². The van der Waals surface area contributed by atoms with E-state index < -0.39 is 85.2 Å². The Labute approximate surface area is 855 Å². The van der Waals surface area contributed by atoms with Crippen LogP contribution in [0.15, 0.2) is 132 Å². The number of H-pyrrole nitrogens is 2. The summed E-state index contributed by atoms with van der Waals surface area (Å²) < 4.78 is 124. The van der Waals surface area contributed by atoms with Crippen LogP contribution in [0.2, 0.25) is 0 Å². The molecule has 4 aromatic carbocycles. The third-order valence-electron chi connectivity index (χ3n) is 30.1. The van der Waals surface area contributed by atoms with Gasteiger partial charge in [0.15, 0.2) is 0 Å². The van der Waals surface area contributed by atoms with Crippen molar-refractivity contribution in [3.8, 4) is 56.5 Å². The molecule has 0 bridgehead atoms. The van der Waals surface area contributed by atoms with Crippen LogP contribution < -0.4 is 30.7 Å². The Bertz CT molecular complexity index is 6850. The van der Waals surface area contributed by atoms with Gasteiger partial charge in [-0.15, -0.1) is 22.7 Å². The molecule has 32 nitrogen and oxygen atoms in total. The lowest BCUT2D eigenvalue weighted by molar-refractivity contribution is -0.139. The Morgan fingerprint density at radius 1 is 0.469 bits per heavy atom. The van der Waals surface area contributed by atoms with E-state index in [0.29, 0.717) is 158 Å². The maximum atomic E-state index is 17.0. The van der Waals surface area contributed by atoms with Crippen molar-refractivity contribution in [2.24, 2.45) is 33.7 Å². The van der Waals surface area contributed by atoms with E-state index in [1.165, 1.54) is 51.5 Å². The number of aryl methyl sites for hydroxylation is 1. The molecule has 8 amide bonds. The van der Waals surface area contributed by atoms with E-state index in [0.717, 1.165) is 98.4 Å². The van der Waals surface area contributed by atoms with Crippen LogP contribution in [-0.4, -0.2) is 230 Å². The van der Waals surface area contributed by atoms with Crippen LogP contribution >= 0.6 is 22.7 Å². The highest BCUT2D eigenvalue weighted by Gasteiger charge is 2.48. The summed E-state index contributed by atoms with van der Waals surface area (Å²) in [7, 11) is 5.10. The Morgan fingerprint density at radius 2 is 0.857 bits per heavy atom. The van der Waals surface area contributed by atoms with Crippen LogP contribution in [0.5, 0.6) is 11.5 Å². The molecular weight excluding hydrogens is 1940 g/mol. The van der Waals surface area contributed by atoms with E-state index in [1.54, 1.807) is 51.9 Å². The highest BCUT2D eigenvalue weighted by Crippen LogP contribution is 2.53. The molecule has 0 spiro atoms. The van der Waals surface area contributed by atoms with Gasteiger partial charge in [-0.3, -0.25) is 38.3 Å². The number of ether oxygens (including phenoxy) is 8. The minimum atomic E-state index is -4.42. The fourth-order valence-electron chi connectivity index (χ4n) is 23.2. The smallest absolute Gasteiger partial charge is 0.407 e. The number of halogens is 5. The molecule has 16 atom stereocenters. The van der Waals surface area contributed by atoms with E-state index in [-0.39, 0.29) is 112 Å². The van der Waals surface area contributed by atoms with Gasteiger partial charge in [-0.25, -0.2) is 37.9 Å². The summed E-state index contributed by atoms with van der Waals surface area (Å²) in [6.07, 6.45) is 6.93. The zero-order valence-corrected chi connectivity index (χ0v) is 85.9. The molecule has 10 aliphatic heterocycles. The first-order valence-corrected chi connectivity index (χ1v) is 52.3. The number of imidazole rings is 2. The van der Waals surface area contributed by atoms with Crippen molar-refractivity contribution in [2.75, 3.05) is 54.6 Å². The average molecular weight is 2060 g/mol. The summed E-state index contributed by atoms with van der Waals surface area (Å²) in [4.78, 5) is 142. The minimum Gasteiger partial charge on any atom is -0.464 e. The number of nitrogens with one attached hydrogen (secondary N) is 6. The van der Waals surface area contributed by atoms with Gasteiger partial charge in [0.2, 0.25) is 36.1 Å². The number of thiophene rings is 2. The molecule has 10 aromatic rings. The first-order chi connectivity index (χ1) is 70.6. The minimum absolute atomic E-state index is 0.0505. The molecule has 6 N–H and O–H groups in total. The van der Waals surface area contributed by atoms with Crippen LogP contribution in [0, 0.1) is 35.3 Å². The van der Waals surface area contributed by atoms with E-state index in [4.69, 9.17) is 57.8 Å². The maximum Gasteiger partial charge on any atom is 0.407 e. The van der Waals surface area contributed by atoms with Crippen molar-refractivity contribution < 1.29 is 98.2 Å². The quantitative estimate of drug-likeness (QED) is 0.0242. The van der Waals surface area contributed by atoms with Crippen molar-refractivity contribution >= 4 is 115 Å². The molecule has 0 saturated carbocycles. The molecule has 0 radical (unpaired) electrons. The fourth-order valence-corrected chi connectivity index (χ4v) is 25.3. The Balaban J connectivity index is 0.000000185. The van der Waals surface area contributed by atoms with Crippen molar-refractivity contribution in [3.05, 3.63) is 176 Å². The molecule has 147 heavy (non-hydrogen) atoms. The SMILES string of the molecule is CCc1ccc(C2Oc3cc(-c4cnc([C@@H]5CCCN5C(=O)[C@@H](NC(=O)OC)C(C)C)[nH]4)cc(F)c3-c3cc4cc(-c5cnc([C@@H]6CCCN6C(=O)[C@@H](NC(=O)OC)C6C[C@@H](C)O[C@@H](C)C6)[nH]5)ccc4n32)s1.COC(=O)NC(C(=O)N1CCC[C@H]1C1=NC=C(c2cc(F)c3c(c2)OC(c2ccc(CC(F)(F)F)s2)n2c-3cc3cc(C4=CN=C([C@@H]5CCCN5C(=O)C(NC(=O)OC)C5C[C@@H](C)O[C@@H](C)C5)C4)ccc32)C1)C(C)C. The molecule has 20 rings (SSSR count). The summed E-state index contributed by atoms with van der Waals surface area (Å²) in [5.41, 5.74) is 10.6. The predicted molar refractivity (Wildman–Crippen MR) is 544 cm³/mol. The number of alkyl carbamates (subject to hydrolysis) is 4. The highest BCUT2D eigenvalue weighted by atomic mass is 32.1. The Hall–Kier alpha value is -13.3. The number of amides is 8. The number of hydrogen-bond acceptors (Lipinski definition) is 22. The predicted octanol–water partition coefficient (Wildman–Crippen LogP) is 19.6.